The summed E-state index contributed by atoms with van der Waals surface area (Å²) < 4.78 is 32.1. The molecule has 2 aromatic heterocycles. The number of anilines is 1. The van der Waals surface area contributed by atoms with E-state index in [1.54, 1.807) is 41.7 Å². The number of hydrogen-bond donors (Lipinski definition) is 1. The van der Waals surface area contributed by atoms with Gasteiger partial charge in [-0.2, -0.15) is 4.98 Å². The lowest BCUT2D eigenvalue weighted by Gasteiger charge is -2.05. The van der Waals surface area contributed by atoms with Gasteiger partial charge in [0.05, 0.1) is 4.90 Å². The van der Waals surface area contributed by atoms with Crippen molar-refractivity contribution in [1.29, 1.82) is 0 Å². The lowest BCUT2D eigenvalue weighted by Crippen LogP contribution is -2.09. The van der Waals surface area contributed by atoms with Crippen molar-refractivity contribution >= 4 is 27.1 Å². The predicted octanol–water partition coefficient (Wildman–Crippen LogP) is 4.89. The SMILES string of the molecule is O=S(=O)(c1ccccc1)c1nc(-c2ccccc2)oc1NCCc1cccs1. The van der Waals surface area contributed by atoms with E-state index in [9.17, 15) is 8.42 Å². The van der Waals surface area contributed by atoms with Gasteiger partial charge in [-0.1, -0.05) is 42.5 Å². The summed E-state index contributed by atoms with van der Waals surface area (Å²) in [7, 11) is -3.81. The van der Waals surface area contributed by atoms with E-state index in [0.29, 0.717) is 6.54 Å². The molecule has 1 N–H and O–H groups in total. The lowest BCUT2D eigenvalue weighted by molar-refractivity contribution is 0.577. The van der Waals surface area contributed by atoms with Crippen LogP contribution < -0.4 is 5.32 Å². The van der Waals surface area contributed by atoms with Crippen LogP contribution in [0.2, 0.25) is 0 Å². The van der Waals surface area contributed by atoms with Crippen LogP contribution in [0.5, 0.6) is 0 Å². The van der Waals surface area contributed by atoms with Gasteiger partial charge in [0.15, 0.2) is 0 Å². The van der Waals surface area contributed by atoms with Crippen LogP contribution in [0.1, 0.15) is 4.88 Å². The number of aromatic nitrogens is 1. The number of sulfone groups is 1. The topological polar surface area (TPSA) is 72.2 Å². The Kier molecular flexibility index (Phi) is 5.27. The molecular weight excluding hydrogens is 392 g/mol. The zero-order valence-electron chi connectivity index (χ0n) is 14.9. The molecule has 0 aliphatic rings. The normalized spacial score (nSPS) is 11.4. The summed E-state index contributed by atoms with van der Waals surface area (Å²) in [5, 5.41) is 5.04. The molecule has 0 bridgehead atoms. The van der Waals surface area contributed by atoms with Crippen molar-refractivity contribution in [3.63, 3.8) is 0 Å². The van der Waals surface area contributed by atoms with E-state index >= 15 is 0 Å². The average Bonchev–Trinajstić information content (AvgIpc) is 3.40. The summed E-state index contributed by atoms with van der Waals surface area (Å²) in [6.07, 6.45) is 0.768. The van der Waals surface area contributed by atoms with Crippen molar-refractivity contribution in [1.82, 2.24) is 4.98 Å². The largest absolute Gasteiger partial charge is 0.419 e. The summed E-state index contributed by atoms with van der Waals surface area (Å²) in [6, 6.07) is 21.6. The molecule has 4 rings (SSSR count). The molecule has 7 heteroatoms. The molecule has 0 aliphatic carbocycles. The number of benzene rings is 2. The van der Waals surface area contributed by atoms with E-state index < -0.39 is 9.84 Å². The van der Waals surface area contributed by atoms with Crippen molar-refractivity contribution in [3.8, 4) is 11.5 Å². The van der Waals surface area contributed by atoms with E-state index in [1.807, 2.05) is 47.8 Å². The van der Waals surface area contributed by atoms with E-state index in [-0.39, 0.29) is 21.7 Å². The fourth-order valence-corrected chi connectivity index (χ4v) is 4.78. The molecule has 0 atom stereocenters. The molecule has 142 valence electrons. The van der Waals surface area contributed by atoms with Crippen molar-refractivity contribution in [2.24, 2.45) is 0 Å². The zero-order valence-corrected chi connectivity index (χ0v) is 16.5. The Morgan fingerprint density at radius 2 is 1.64 bits per heavy atom. The summed E-state index contributed by atoms with van der Waals surface area (Å²) in [4.78, 5) is 5.72. The third kappa shape index (κ3) is 3.85. The molecule has 4 aromatic rings. The zero-order chi connectivity index (χ0) is 19.4. The van der Waals surface area contributed by atoms with Gasteiger partial charge in [-0.15, -0.1) is 11.3 Å². The molecule has 0 aliphatic heterocycles. The maximum atomic E-state index is 13.1. The van der Waals surface area contributed by atoms with E-state index in [2.05, 4.69) is 10.3 Å². The predicted molar refractivity (Wildman–Crippen MR) is 110 cm³/mol. The Labute approximate surface area is 167 Å². The second kappa shape index (κ2) is 8.00. The van der Waals surface area contributed by atoms with Gasteiger partial charge in [-0.3, -0.25) is 0 Å². The summed E-state index contributed by atoms with van der Waals surface area (Å²) in [5.74, 6) is 0.438. The first-order valence-corrected chi connectivity index (χ1v) is 11.1. The third-order valence-electron chi connectivity index (χ3n) is 4.16. The maximum absolute atomic E-state index is 13.1. The number of nitrogens with one attached hydrogen (secondary N) is 1. The minimum Gasteiger partial charge on any atom is -0.419 e. The van der Waals surface area contributed by atoms with E-state index in [1.165, 1.54) is 4.88 Å². The maximum Gasteiger partial charge on any atom is 0.233 e. The molecule has 2 heterocycles. The fourth-order valence-electron chi connectivity index (χ4n) is 2.77. The second-order valence-electron chi connectivity index (χ2n) is 6.09. The number of thiophene rings is 1. The number of nitrogens with zero attached hydrogens (tertiary/aromatic N) is 1. The molecule has 0 spiro atoms. The molecule has 2 aromatic carbocycles. The molecule has 0 amide bonds. The first-order valence-electron chi connectivity index (χ1n) is 8.77. The summed E-state index contributed by atoms with van der Waals surface area (Å²) >= 11 is 1.66. The molecule has 0 radical (unpaired) electrons. The summed E-state index contributed by atoms with van der Waals surface area (Å²) in [5.41, 5.74) is 0.721. The van der Waals surface area contributed by atoms with Gasteiger partial charge in [-0.25, -0.2) is 8.42 Å². The summed E-state index contributed by atoms with van der Waals surface area (Å²) in [6.45, 7) is 0.543. The van der Waals surface area contributed by atoms with Crippen LogP contribution >= 0.6 is 11.3 Å². The van der Waals surface area contributed by atoms with Crippen LogP contribution in [-0.2, 0) is 16.3 Å². The first kappa shape index (κ1) is 18.5. The van der Waals surface area contributed by atoms with Gasteiger partial charge in [0.25, 0.3) is 0 Å². The van der Waals surface area contributed by atoms with Gasteiger partial charge >= 0.3 is 0 Å². The second-order valence-corrected chi connectivity index (χ2v) is 8.99. The smallest absolute Gasteiger partial charge is 0.233 e. The lowest BCUT2D eigenvalue weighted by atomic mass is 10.2. The molecular formula is C21H18N2O3S2. The highest BCUT2D eigenvalue weighted by atomic mass is 32.2. The van der Waals surface area contributed by atoms with Gasteiger partial charge in [0.1, 0.15) is 0 Å². The van der Waals surface area contributed by atoms with Crippen LogP contribution in [0.15, 0.2) is 92.5 Å². The minimum absolute atomic E-state index is 0.0938. The Morgan fingerprint density at radius 3 is 2.32 bits per heavy atom. The molecule has 5 nitrogen and oxygen atoms in total. The van der Waals surface area contributed by atoms with E-state index in [0.717, 1.165) is 12.0 Å². The first-order chi connectivity index (χ1) is 13.6. The van der Waals surface area contributed by atoms with Crippen LogP contribution in [0.25, 0.3) is 11.5 Å². The average molecular weight is 411 g/mol. The standard InChI is InChI=1S/C21H18N2O3S2/c24-28(25,18-11-5-2-6-12-18)21-20(22-14-13-17-10-7-15-27-17)26-19(23-21)16-8-3-1-4-9-16/h1-12,15,22H,13-14H2. The van der Waals surface area contributed by atoms with Crippen LogP contribution in [0.3, 0.4) is 0 Å². The number of oxazole rings is 1. The van der Waals surface area contributed by atoms with Crippen molar-refractivity contribution in [2.75, 3.05) is 11.9 Å². The minimum atomic E-state index is -3.81. The number of rotatable bonds is 7. The Morgan fingerprint density at radius 1 is 0.929 bits per heavy atom. The molecule has 28 heavy (non-hydrogen) atoms. The van der Waals surface area contributed by atoms with Crippen LogP contribution in [0, 0.1) is 0 Å². The Hall–Kier alpha value is -2.90. The molecule has 0 fully saturated rings. The van der Waals surface area contributed by atoms with Gasteiger partial charge in [0.2, 0.25) is 26.6 Å². The highest BCUT2D eigenvalue weighted by Gasteiger charge is 2.28. The van der Waals surface area contributed by atoms with Gasteiger partial charge < -0.3 is 9.73 Å². The van der Waals surface area contributed by atoms with Crippen molar-refractivity contribution in [3.05, 3.63) is 83.1 Å². The molecule has 0 unspecified atom stereocenters. The van der Waals surface area contributed by atoms with Crippen LogP contribution in [-0.4, -0.2) is 19.9 Å². The number of hydrogen-bond acceptors (Lipinski definition) is 6. The van der Waals surface area contributed by atoms with Gasteiger partial charge in [0, 0.05) is 17.0 Å². The highest BCUT2D eigenvalue weighted by molar-refractivity contribution is 7.91. The molecule has 0 saturated heterocycles. The Bertz CT molecular complexity index is 1140. The van der Waals surface area contributed by atoms with Crippen LogP contribution in [0.4, 0.5) is 5.88 Å². The highest BCUT2D eigenvalue weighted by Crippen LogP contribution is 2.32. The van der Waals surface area contributed by atoms with Gasteiger partial charge in [-0.05, 0) is 42.1 Å². The monoisotopic (exact) mass is 410 g/mol. The van der Waals surface area contributed by atoms with Crippen molar-refractivity contribution in [2.45, 2.75) is 16.3 Å². The van der Waals surface area contributed by atoms with E-state index in [4.69, 9.17) is 4.42 Å². The fraction of sp³-hybridized carbons (Fsp3) is 0.0952. The van der Waals surface area contributed by atoms with Crippen molar-refractivity contribution < 1.29 is 12.8 Å². The Balaban J connectivity index is 1.69. The quantitative estimate of drug-likeness (QED) is 0.470. The molecule has 0 saturated carbocycles. The third-order valence-corrected chi connectivity index (χ3v) is 6.78.